The van der Waals surface area contributed by atoms with Gasteiger partial charge in [-0.15, -0.1) is 0 Å². The zero-order valence-electron chi connectivity index (χ0n) is 12.4. The van der Waals surface area contributed by atoms with Crippen molar-refractivity contribution < 1.29 is 4.74 Å². The highest BCUT2D eigenvalue weighted by Crippen LogP contribution is 2.24. The van der Waals surface area contributed by atoms with Gasteiger partial charge in [0.25, 0.3) is 0 Å². The normalized spacial score (nSPS) is 11.4. The van der Waals surface area contributed by atoms with E-state index >= 15 is 0 Å². The molecule has 0 saturated carbocycles. The number of nitrogens with zero attached hydrogens (tertiary/aromatic N) is 3. The number of nitrogens with one attached hydrogen (secondary N) is 1. The molecule has 0 unspecified atom stereocenters. The van der Waals surface area contributed by atoms with Crippen LogP contribution in [0.15, 0.2) is 24.3 Å². The van der Waals surface area contributed by atoms with Crippen LogP contribution in [0.4, 0.5) is 0 Å². The van der Waals surface area contributed by atoms with Gasteiger partial charge < -0.3 is 9.72 Å². The Hall–Kier alpha value is -1.92. The fourth-order valence-electron chi connectivity index (χ4n) is 2.68. The van der Waals surface area contributed by atoms with Gasteiger partial charge in [-0.3, -0.25) is 4.57 Å². The number of imidazole rings is 1. The largest absolute Gasteiger partial charge is 0.384 e. The molecule has 3 rings (SSSR count). The molecule has 3 aromatic rings. The van der Waals surface area contributed by atoms with Crippen LogP contribution in [-0.2, 0) is 18.2 Å². The summed E-state index contributed by atoms with van der Waals surface area (Å²) in [6, 6.07) is 8.25. The third-order valence-electron chi connectivity index (χ3n) is 3.65. The van der Waals surface area contributed by atoms with Crippen LogP contribution in [0.2, 0.25) is 0 Å². The highest BCUT2D eigenvalue weighted by Gasteiger charge is 2.15. The lowest BCUT2D eigenvalue weighted by atomic mass is 10.1. The van der Waals surface area contributed by atoms with Gasteiger partial charge in [0.05, 0.1) is 18.0 Å². The summed E-state index contributed by atoms with van der Waals surface area (Å²) in [5.41, 5.74) is 5.21. The van der Waals surface area contributed by atoms with Gasteiger partial charge in [0.15, 0.2) is 10.4 Å². The molecule has 2 heterocycles. The molecule has 6 heteroatoms. The van der Waals surface area contributed by atoms with Crippen LogP contribution in [0.1, 0.15) is 11.3 Å². The minimum atomic E-state index is 0.683. The van der Waals surface area contributed by atoms with Crippen molar-refractivity contribution in [3.63, 3.8) is 0 Å². The minimum Gasteiger partial charge on any atom is -0.384 e. The number of para-hydroxylation sites is 1. The lowest BCUT2D eigenvalue weighted by Gasteiger charge is -2.11. The SMILES string of the molecule is COCCc1ccccc1-n1c(=S)[nH]c2c(C)nn(C)c21. The third kappa shape index (κ3) is 2.30. The number of hydrogen-bond acceptors (Lipinski definition) is 3. The molecule has 0 aliphatic rings. The Labute approximate surface area is 128 Å². The van der Waals surface area contributed by atoms with E-state index in [1.807, 2.05) is 30.8 Å². The molecule has 0 atom stereocenters. The number of benzene rings is 1. The Morgan fingerprint density at radius 2 is 2.10 bits per heavy atom. The molecule has 21 heavy (non-hydrogen) atoms. The van der Waals surface area contributed by atoms with E-state index in [0.29, 0.717) is 11.4 Å². The van der Waals surface area contributed by atoms with Crippen LogP contribution in [-0.4, -0.2) is 33.0 Å². The number of fused-ring (bicyclic) bond motifs is 1. The molecule has 1 N–H and O–H groups in total. The van der Waals surface area contributed by atoms with Crippen molar-refractivity contribution in [2.75, 3.05) is 13.7 Å². The quantitative estimate of drug-likeness (QED) is 0.754. The molecule has 0 saturated heterocycles. The van der Waals surface area contributed by atoms with Gasteiger partial charge in [0.1, 0.15) is 5.52 Å². The molecular weight excluding hydrogens is 284 g/mol. The van der Waals surface area contributed by atoms with Crippen molar-refractivity contribution >= 4 is 23.4 Å². The van der Waals surface area contributed by atoms with Crippen molar-refractivity contribution in [3.8, 4) is 5.69 Å². The van der Waals surface area contributed by atoms with E-state index in [1.165, 1.54) is 5.56 Å². The lowest BCUT2D eigenvalue weighted by Crippen LogP contribution is -2.05. The van der Waals surface area contributed by atoms with Crippen LogP contribution in [0.25, 0.3) is 16.9 Å². The molecule has 0 amide bonds. The topological polar surface area (TPSA) is 47.8 Å². The highest BCUT2D eigenvalue weighted by atomic mass is 32.1. The summed E-state index contributed by atoms with van der Waals surface area (Å²) in [5, 5.41) is 4.46. The van der Waals surface area contributed by atoms with E-state index in [9.17, 15) is 0 Å². The highest BCUT2D eigenvalue weighted by molar-refractivity contribution is 7.71. The van der Waals surface area contributed by atoms with Crippen LogP contribution in [0.5, 0.6) is 0 Å². The van der Waals surface area contributed by atoms with Gasteiger partial charge >= 0.3 is 0 Å². The number of rotatable bonds is 4. The predicted octanol–water partition coefficient (Wildman–Crippen LogP) is 2.92. The van der Waals surface area contributed by atoms with Crippen molar-refractivity contribution in [2.24, 2.45) is 7.05 Å². The van der Waals surface area contributed by atoms with E-state index in [4.69, 9.17) is 17.0 Å². The third-order valence-corrected chi connectivity index (χ3v) is 3.93. The molecule has 0 fully saturated rings. The summed E-state index contributed by atoms with van der Waals surface area (Å²) >= 11 is 5.52. The molecule has 0 aliphatic heterocycles. The second kappa shape index (κ2) is 5.46. The first-order chi connectivity index (χ1) is 10.1. The Morgan fingerprint density at radius 3 is 2.86 bits per heavy atom. The number of aromatic nitrogens is 4. The lowest BCUT2D eigenvalue weighted by molar-refractivity contribution is 0.202. The predicted molar refractivity (Wildman–Crippen MR) is 85.5 cm³/mol. The second-order valence-corrected chi connectivity index (χ2v) is 5.43. The Morgan fingerprint density at radius 1 is 1.33 bits per heavy atom. The first-order valence-electron chi connectivity index (χ1n) is 6.85. The maximum absolute atomic E-state index is 5.52. The second-order valence-electron chi connectivity index (χ2n) is 5.04. The summed E-state index contributed by atoms with van der Waals surface area (Å²) in [7, 11) is 3.65. The van der Waals surface area contributed by atoms with Gasteiger partial charge in [-0.1, -0.05) is 18.2 Å². The molecular formula is C15H18N4OS. The number of hydrogen-bond donors (Lipinski definition) is 1. The van der Waals surface area contributed by atoms with E-state index in [2.05, 4.69) is 26.8 Å². The molecule has 110 valence electrons. The molecule has 0 spiro atoms. The molecule has 5 nitrogen and oxygen atoms in total. The zero-order chi connectivity index (χ0) is 15.0. The first-order valence-corrected chi connectivity index (χ1v) is 7.26. The summed E-state index contributed by atoms with van der Waals surface area (Å²) < 4.78 is 9.81. The zero-order valence-corrected chi connectivity index (χ0v) is 13.2. The summed E-state index contributed by atoms with van der Waals surface area (Å²) in [4.78, 5) is 3.26. The van der Waals surface area contributed by atoms with Gasteiger partial charge in [-0.05, 0) is 37.2 Å². The monoisotopic (exact) mass is 302 g/mol. The number of aryl methyl sites for hydroxylation is 2. The molecule has 0 aliphatic carbocycles. The fourth-order valence-corrected chi connectivity index (χ4v) is 2.97. The van der Waals surface area contributed by atoms with E-state index in [0.717, 1.165) is 29.0 Å². The van der Waals surface area contributed by atoms with E-state index in [1.54, 1.807) is 7.11 Å². The maximum atomic E-state index is 5.52. The number of ether oxygens (including phenoxy) is 1. The van der Waals surface area contributed by atoms with Gasteiger partial charge in [-0.25, -0.2) is 4.68 Å². The van der Waals surface area contributed by atoms with Crippen LogP contribution in [0, 0.1) is 11.7 Å². The summed E-state index contributed by atoms with van der Waals surface area (Å²) in [6.07, 6.45) is 0.845. The van der Waals surface area contributed by atoms with Crippen LogP contribution < -0.4 is 0 Å². The summed E-state index contributed by atoms with van der Waals surface area (Å²) in [6.45, 7) is 2.66. The number of H-pyrrole nitrogens is 1. The average Bonchev–Trinajstić information content (AvgIpc) is 2.95. The Bertz CT molecular complexity index is 843. The fraction of sp³-hybridized carbons (Fsp3) is 0.333. The standard InChI is InChI=1S/C15H18N4OS/c1-10-13-14(18(2)17-10)19(15(21)16-13)12-7-5-4-6-11(12)8-9-20-3/h4-7H,8-9H2,1-3H3,(H,16,21). The van der Waals surface area contributed by atoms with Crippen LogP contribution in [0.3, 0.4) is 0 Å². The smallest absolute Gasteiger partial charge is 0.184 e. The van der Waals surface area contributed by atoms with Crippen molar-refractivity contribution in [3.05, 3.63) is 40.3 Å². The number of methoxy groups -OCH3 is 1. The van der Waals surface area contributed by atoms with Crippen molar-refractivity contribution in [1.82, 2.24) is 19.3 Å². The van der Waals surface area contributed by atoms with Gasteiger partial charge in [0.2, 0.25) is 0 Å². The van der Waals surface area contributed by atoms with Crippen molar-refractivity contribution in [2.45, 2.75) is 13.3 Å². The Balaban J connectivity index is 2.26. The minimum absolute atomic E-state index is 0.683. The Kier molecular flexibility index (Phi) is 3.65. The average molecular weight is 302 g/mol. The molecule has 2 aromatic heterocycles. The molecule has 1 aromatic carbocycles. The molecule has 0 bridgehead atoms. The van der Waals surface area contributed by atoms with Gasteiger partial charge in [-0.2, -0.15) is 5.10 Å². The molecule has 0 radical (unpaired) electrons. The van der Waals surface area contributed by atoms with Crippen molar-refractivity contribution in [1.29, 1.82) is 0 Å². The summed E-state index contributed by atoms with van der Waals surface area (Å²) in [5.74, 6) is 0. The first kappa shape index (κ1) is 14.0. The number of aromatic amines is 1. The maximum Gasteiger partial charge on any atom is 0.184 e. The van der Waals surface area contributed by atoms with Gasteiger partial charge in [0, 0.05) is 14.2 Å². The van der Waals surface area contributed by atoms with Crippen LogP contribution >= 0.6 is 12.2 Å². The van der Waals surface area contributed by atoms with E-state index in [-0.39, 0.29) is 0 Å². The van der Waals surface area contributed by atoms with E-state index < -0.39 is 0 Å².